The third kappa shape index (κ3) is 3.41. The summed E-state index contributed by atoms with van der Waals surface area (Å²) in [6.45, 7) is 2.50. The molecule has 1 aromatic heterocycles. The summed E-state index contributed by atoms with van der Waals surface area (Å²) in [5.74, 6) is -0.314. The zero-order chi connectivity index (χ0) is 13.5. The molecule has 98 valence electrons. The molecule has 1 aromatic rings. The normalized spacial score (nSPS) is 9.72. The first-order chi connectivity index (χ1) is 8.60. The molecule has 1 heterocycles. The summed E-state index contributed by atoms with van der Waals surface area (Å²) in [7, 11) is 2.95. The molecule has 0 aliphatic carbocycles. The first kappa shape index (κ1) is 13.9. The number of aromatic nitrogens is 2. The predicted molar refractivity (Wildman–Crippen MR) is 65.3 cm³/mol. The lowest BCUT2D eigenvalue weighted by Gasteiger charge is -2.19. The van der Waals surface area contributed by atoms with E-state index in [0.29, 0.717) is 12.4 Å². The SMILES string of the molecule is CCNC(=O)CN(C)c1ncncc1C(=O)OC. The van der Waals surface area contributed by atoms with Crippen molar-refractivity contribution in [1.82, 2.24) is 15.3 Å². The minimum atomic E-state index is -0.534. The maximum Gasteiger partial charge on any atom is 0.343 e. The second-order valence-electron chi connectivity index (χ2n) is 3.56. The standard InChI is InChI=1S/C11H16N4O3/c1-4-13-9(16)6-15(2)10-8(11(17)18-3)5-12-7-14-10/h5,7H,4,6H2,1-3H3,(H,13,16). The largest absolute Gasteiger partial charge is 0.465 e. The average molecular weight is 252 g/mol. The molecule has 18 heavy (non-hydrogen) atoms. The predicted octanol–water partition coefficient (Wildman–Crippen LogP) is -0.164. The van der Waals surface area contributed by atoms with E-state index in [1.807, 2.05) is 6.92 Å². The van der Waals surface area contributed by atoms with Gasteiger partial charge in [0.2, 0.25) is 5.91 Å². The van der Waals surface area contributed by atoms with E-state index in [4.69, 9.17) is 0 Å². The number of methoxy groups -OCH3 is 1. The van der Waals surface area contributed by atoms with Gasteiger partial charge in [0.1, 0.15) is 17.7 Å². The molecule has 0 saturated carbocycles. The van der Waals surface area contributed by atoms with E-state index in [9.17, 15) is 9.59 Å². The number of carbonyl (C=O) groups is 2. The molecule has 0 fully saturated rings. The van der Waals surface area contributed by atoms with Crippen LogP contribution in [0.3, 0.4) is 0 Å². The summed E-state index contributed by atoms with van der Waals surface area (Å²) in [5, 5.41) is 2.67. The van der Waals surface area contributed by atoms with Gasteiger partial charge in [0.05, 0.1) is 13.7 Å². The lowest BCUT2D eigenvalue weighted by molar-refractivity contribution is -0.119. The smallest absolute Gasteiger partial charge is 0.343 e. The monoisotopic (exact) mass is 252 g/mol. The minimum absolute atomic E-state index is 0.106. The summed E-state index contributed by atoms with van der Waals surface area (Å²) in [5.41, 5.74) is 0.229. The topological polar surface area (TPSA) is 84.4 Å². The molecular weight excluding hydrogens is 236 g/mol. The van der Waals surface area contributed by atoms with Crippen molar-refractivity contribution in [3.8, 4) is 0 Å². The van der Waals surface area contributed by atoms with E-state index in [0.717, 1.165) is 0 Å². The van der Waals surface area contributed by atoms with Crippen LogP contribution in [0.2, 0.25) is 0 Å². The van der Waals surface area contributed by atoms with Crippen LogP contribution in [0, 0.1) is 0 Å². The quantitative estimate of drug-likeness (QED) is 0.733. The van der Waals surface area contributed by atoms with Crippen molar-refractivity contribution in [1.29, 1.82) is 0 Å². The van der Waals surface area contributed by atoms with Crippen molar-refractivity contribution in [2.45, 2.75) is 6.92 Å². The molecule has 0 spiro atoms. The summed E-state index contributed by atoms with van der Waals surface area (Å²) in [6.07, 6.45) is 2.68. The van der Waals surface area contributed by atoms with E-state index in [1.54, 1.807) is 11.9 Å². The molecule has 0 bridgehead atoms. The van der Waals surface area contributed by atoms with Crippen molar-refractivity contribution in [2.24, 2.45) is 0 Å². The number of hydrogen-bond acceptors (Lipinski definition) is 6. The third-order valence-corrected chi connectivity index (χ3v) is 2.21. The number of ether oxygens (including phenoxy) is 1. The van der Waals surface area contributed by atoms with Gasteiger partial charge in [-0.25, -0.2) is 14.8 Å². The van der Waals surface area contributed by atoms with E-state index in [2.05, 4.69) is 20.0 Å². The Morgan fingerprint density at radius 1 is 1.50 bits per heavy atom. The lowest BCUT2D eigenvalue weighted by atomic mass is 10.3. The Balaban J connectivity index is 2.88. The Labute approximate surface area is 105 Å². The Hall–Kier alpha value is -2.18. The number of amides is 1. The fraction of sp³-hybridized carbons (Fsp3) is 0.455. The fourth-order valence-electron chi connectivity index (χ4n) is 1.42. The number of esters is 1. The van der Waals surface area contributed by atoms with E-state index >= 15 is 0 Å². The van der Waals surface area contributed by atoms with Gasteiger partial charge in [-0.1, -0.05) is 0 Å². The van der Waals surface area contributed by atoms with Crippen LogP contribution in [0.1, 0.15) is 17.3 Å². The van der Waals surface area contributed by atoms with Crippen molar-refractivity contribution < 1.29 is 14.3 Å². The lowest BCUT2D eigenvalue weighted by Crippen LogP contribution is -2.36. The molecule has 1 amide bonds. The van der Waals surface area contributed by atoms with Crippen LogP contribution < -0.4 is 10.2 Å². The Kier molecular flexibility index (Phi) is 5.04. The molecule has 1 rings (SSSR count). The Morgan fingerprint density at radius 2 is 2.22 bits per heavy atom. The maximum absolute atomic E-state index is 11.5. The molecule has 0 aliphatic rings. The summed E-state index contributed by atoms with van der Waals surface area (Å²) in [4.78, 5) is 32.3. The molecule has 0 atom stereocenters. The molecule has 0 unspecified atom stereocenters. The van der Waals surface area contributed by atoms with Gasteiger partial charge in [-0.3, -0.25) is 4.79 Å². The molecule has 7 nitrogen and oxygen atoms in total. The summed E-state index contributed by atoms with van der Waals surface area (Å²) >= 11 is 0. The maximum atomic E-state index is 11.5. The van der Waals surface area contributed by atoms with Gasteiger partial charge in [0, 0.05) is 19.8 Å². The number of nitrogens with one attached hydrogen (secondary N) is 1. The van der Waals surface area contributed by atoms with Crippen LogP contribution in [0.15, 0.2) is 12.5 Å². The van der Waals surface area contributed by atoms with Crippen LogP contribution in [0.4, 0.5) is 5.82 Å². The van der Waals surface area contributed by atoms with Crippen molar-refractivity contribution in [3.63, 3.8) is 0 Å². The summed E-state index contributed by atoms with van der Waals surface area (Å²) < 4.78 is 4.63. The van der Waals surface area contributed by atoms with Crippen molar-refractivity contribution in [2.75, 3.05) is 32.1 Å². The first-order valence-electron chi connectivity index (χ1n) is 5.46. The molecule has 7 heteroatoms. The molecule has 0 radical (unpaired) electrons. The number of likely N-dealkylation sites (N-methyl/N-ethyl adjacent to an activating group) is 2. The molecule has 1 N–H and O–H groups in total. The Morgan fingerprint density at radius 3 is 2.83 bits per heavy atom. The van der Waals surface area contributed by atoms with Gasteiger partial charge in [0.25, 0.3) is 0 Å². The molecule has 0 aromatic carbocycles. The minimum Gasteiger partial charge on any atom is -0.465 e. The van der Waals surface area contributed by atoms with E-state index in [-0.39, 0.29) is 18.0 Å². The van der Waals surface area contributed by atoms with Gasteiger partial charge >= 0.3 is 5.97 Å². The number of anilines is 1. The zero-order valence-corrected chi connectivity index (χ0v) is 10.6. The van der Waals surface area contributed by atoms with Gasteiger partial charge in [-0.05, 0) is 6.92 Å². The highest BCUT2D eigenvalue weighted by Gasteiger charge is 2.17. The number of rotatable bonds is 5. The molecule has 0 aliphatic heterocycles. The zero-order valence-electron chi connectivity index (χ0n) is 10.6. The molecular formula is C11H16N4O3. The van der Waals surface area contributed by atoms with Crippen molar-refractivity contribution >= 4 is 17.7 Å². The second kappa shape index (κ2) is 6.53. The third-order valence-electron chi connectivity index (χ3n) is 2.21. The highest BCUT2D eigenvalue weighted by molar-refractivity contribution is 5.95. The highest BCUT2D eigenvalue weighted by Crippen LogP contribution is 2.15. The number of carbonyl (C=O) groups excluding carboxylic acids is 2. The van der Waals surface area contributed by atoms with Gasteiger partial charge < -0.3 is 15.0 Å². The molecule has 0 saturated heterocycles. The van der Waals surface area contributed by atoms with Crippen molar-refractivity contribution in [3.05, 3.63) is 18.1 Å². The van der Waals surface area contributed by atoms with Crippen LogP contribution in [0.5, 0.6) is 0 Å². The highest BCUT2D eigenvalue weighted by atomic mass is 16.5. The average Bonchev–Trinajstić information content (AvgIpc) is 2.38. The van der Waals surface area contributed by atoms with Gasteiger partial charge in [-0.2, -0.15) is 0 Å². The van der Waals surface area contributed by atoms with Crippen LogP contribution in [0.25, 0.3) is 0 Å². The fourth-order valence-corrected chi connectivity index (χ4v) is 1.42. The van der Waals surface area contributed by atoms with Crippen LogP contribution in [-0.2, 0) is 9.53 Å². The Bertz CT molecular complexity index is 436. The van der Waals surface area contributed by atoms with E-state index < -0.39 is 5.97 Å². The van der Waals surface area contributed by atoms with Crippen LogP contribution >= 0.6 is 0 Å². The van der Waals surface area contributed by atoms with Crippen LogP contribution in [-0.4, -0.2) is 49.1 Å². The van der Waals surface area contributed by atoms with E-state index in [1.165, 1.54) is 19.6 Å². The number of hydrogen-bond donors (Lipinski definition) is 1. The second-order valence-corrected chi connectivity index (χ2v) is 3.56. The first-order valence-corrected chi connectivity index (χ1v) is 5.46. The summed E-state index contributed by atoms with van der Waals surface area (Å²) in [6, 6.07) is 0. The number of nitrogens with zero attached hydrogens (tertiary/aromatic N) is 3. The van der Waals surface area contributed by atoms with Gasteiger partial charge in [-0.15, -0.1) is 0 Å². The van der Waals surface area contributed by atoms with Gasteiger partial charge in [0.15, 0.2) is 0 Å².